The third kappa shape index (κ3) is 3.98. The summed E-state index contributed by atoms with van der Waals surface area (Å²) in [6, 6.07) is 10.2. The van der Waals surface area contributed by atoms with Gasteiger partial charge in [0.2, 0.25) is 0 Å². The van der Waals surface area contributed by atoms with Gasteiger partial charge in [0, 0.05) is 31.4 Å². The number of ether oxygens (including phenoxy) is 2. The van der Waals surface area contributed by atoms with Gasteiger partial charge in [0.25, 0.3) is 5.91 Å². The zero-order valence-corrected chi connectivity index (χ0v) is 17.3. The van der Waals surface area contributed by atoms with Crippen molar-refractivity contribution in [3.8, 4) is 22.8 Å². The van der Waals surface area contributed by atoms with Crippen molar-refractivity contribution in [1.29, 1.82) is 0 Å². The summed E-state index contributed by atoms with van der Waals surface area (Å²) in [5.74, 6) is 0.450. The van der Waals surface area contributed by atoms with Gasteiger partial charge in [-0.3, -0.25) is 4.79 Å². The van der Waals surface area contributed by atoms with Crippen LogP contribution in [0.3, 0.4) is 0 Å². The van der Waals surface area contributed by atoms with Crippen molar-refractivity contribution in [2.24, 2.45) is 0 Å². The standard InChI is InChI=1S/C22H23N3O6/c1-29-15-5-6-19(30-2)16(12-15)20-13-17(23-31-20)21(26)24-10-7-14(8-11-24)25-9-3-4-18(25)22(27)28/h3-6,9,12-14H,7-8,10-11H2,1-2H3,(H,27,28). The third-order valence-corrected chi connectivity index (χ3v) is 5.54. The molecule has 0 unspecified atom stereocenters. The monoisotopic (exact) mass is 425 g/mol. The normalized spacial score (nSPS) is 14.5. The first-order valence-corrected chi connectivity index (χ1v) is 9.90. The number of rotatable bonds is 6. The number of nitrogens with zero attached hydrogens (tertiary/aromatic N) is 3. The second-order valence-corrected chi connectivity index (χ2v) is 7.27. The summed E-state index contributed by atoms with van der Waals surface area (Å²) >= 11 is 0. The SMILES string of the molecule is COc1ccc(OC)c(-c2cc(C(=O)N3CCC(n4cccc4C(=O)O)CC3)no2)c1. The van der Waals surface area contributed by atoms with Crippen LogP contribution in [0, 0.1) is 0 Å². The van der Waals surface area contributed by atoms with Gasteiger partial charge < -0.3 is 28.6 Å². The highest BCUT2D eigenvalue weighted by molar-refractivity contribution is 5.93. The molecule has 2 aromatic heterocycles. The Balaban J connectivity index is 1.47. The lowest BCUT2D eigenvalue weighted by Crippen LogP contribution is -2.39. The van der Waals surface area contributed by atoms with Crippen molar-refractivity contribution in [3.05, 3.63) is 54.0 Å². The molecule has 1 aromatic carbocycles. The Morgan fingerprint density at radius 1 is 1.13 bits per heavy atom. The minimum Gasteiger partial charge on any atom is -0.497 e. The van der Waals surface area contributed by atoms with E-state index in [2.05, 4.69) is 5.16 Å². The molecule has 0 spiro atoms. The van der Waals surface area contributed by atoms with Gasteiger partial charge >= 0.3 is 5.97 Å². The Kier molecular flexibility index (Phi) is 5.66. The molecule has 1 N–H and O–H groups in total. The van der Waals surface area contributed by atoms with Crippen molar-refractivity contribution in [3.63, 3.8) is 0 Å². The molecule has 0 atom stereocenters. The molecule has 0 aliphatic carbocycles. The smallest absolute Gasteiger partial charge is 0.352 e. The predicted molar refractivity (Wildman–Crippen MR) is 111 cm³/mol. The lowest BCUT2D eigenvalue weighted by atomic mass is 10.0. The highest BCUT2D eigenvalue weighted by Gasteiger charge is 2.28. The molecule has 1 fully saturated rings. The molecule has 9 nitrogen and oxygen atoms in total. The van der Waals surface area contributed by atoms with Crippen molar-refractivity contribution >= 4 is 11.9 Å². The fraction of sp³-hybridized carbons (Fsp3) is 0.318. The Bertz CT molecular complexity index is 1090. The van der Waals surface area contributed by atoms with Crippen LogP contribution in [0.2, 0.25) is 0 Å². The summed E-state index contributed by atoms with van der Waals surface area (Å²) < 4.78 is 17.8. The van der Waals surface area contributed by atoms with Crippen LogP contribution in [0.25, 0.3) is 11.3 Å². The lowest BCUT2D eigenvalue weighted by molar-refractivity contribution is 0.0645. The van der Waals surface area contributed by atoms with E-state index in [0.717, 1.165) is 0 Å². The molecule has 0 saturated carbocycles. The van der Waals surface area contributed by atoms with Crippen LogP contribution < -0.4 is 9.47 Å². The summed E-state index contributed by atoms with van der Waals surface area (Å²) in [7, 11) is 3.12. The first-order chi connectivity index (χ1) is 15.0. The number of likely N-dealkylation sites (tertiary alicyclic amines) is 1. The summed E-state index contributed by atoms with van der Waals surface area (Å²) in [6.45, 7) is 1.01. The quantitative estimate of drug-likeness (QED) is 0.645. The first kappa shape index (κ1) is 20.5. The van der Waals surface area contributed by atoms with Crippen LogP contribution in [-0.4, -0.2) is 58.9 Å². The number of carbonyl (C=O) groups is 2. The number of methoxy groups -OCH3 is 2. The fourth-order valence-electron chi connectivity index (χ4n) is 3.91. The molecule has 0 radical (unpaired) electrons. The maximum Gasteiger partial charge on any atom is 0.352 e. The minimum absolute atomic E-state index is 0.0408. The van der Waals surface area contributed by atoms with Crippen LogP contribution in [0.5, 0.6) is 11.5 Å². The van der Waals surface area contributed by atoms with Gasteiger partial charge in [-0.2, -0.15) is 0 Å². The maximum absolute atomic E-state index is 12.9. The molecular formula is C22H23N3O6. The number of aromatic nitrogens is 2. The van der Waals surface area contributed by atoms with Gasteiger partial charge in [0.05, 0.1) is 19.8 Å². The number of carboxylic acid groups (broad SMARTS) is 1. The van der Waals surface area contributed by atoms with Gasteiger partial charge in [-0.05, 0) is 43.2 Å². The van der Waals surface area contributed by atoms with E-state index in [1.165, 1.54) is 0 Å². The molecule has 9 heteroatoms. The fourth-order valence-corrected chi connectivity index (χ4v) is 3.91. The van der Waals surface area contributed by atoms with Crippen molar-refractivity contribution in [1.82, 2.24) is 14.6 Å². The van der Waals surface area contributed by atoms with Gasteiger partial charge in [-0.15, -0.1) is 0 Å². The van der Waals surface area contributed by atoms with E-state index < -0.39 is 5.97 Å². The topological polar surface area (TPSA) is 107 Å². The highest BCUT2D eigenvalue weighted by Crippen LogP contribution is 2.34. The highest BCUT2D eigenvalue weighted by atomic mass is 16.5. The van der Waals surface area contributed by atoms with Crippen LogP contribution in [0.1, 0.15) is 39.9 Å². The van der Waals surface area contributed by atoms with Crippen molar-refractivity contribution in [2.45, 2.75) is 18.9 Å². The van der Waals surface area contributed by atoms with E-state index in [1.807, 2.05) is 0 Å². The maximum atomic E-state index is 12.9. The van der Waals surface area contributed by atoms with Gasteiger partial charge in [-0.25, -0.2) is 4.79 Å². The minimum atomic E-state index is -0.952. The predicted octanol–water partition coefficient (Wildman–Crippen LogP) is 3.34. The van der Waals surface area contributed by atoms with Crippen LogP contribution in [-0.2, 0) is 0 Å². The molecule has 31 heavy (non-hydrogen) atoms. The Morgan fingerprint density at radius 3 is 2.58 bits per heavy atom. The molecule has 3 aromatic rings. The molecular weight excluding hydrogens is 402 g/mol. The van der Waals surface area contributed by atoms with Crippen LogP contribution in [0.4, 0.5) is 0 Å². The number of benzene rings is 1. The molecule has 3 heterocycles. The Hall–Kier alpha value is -3.75. The van der Waals surface area contributed by atoms with Gasteiger partial charge in [0.1, 0.15) is 17.2 Å². The summed E-state index contributed by atoms with van der Waals surface area (Å²) in [6.07, 6.45) is 3.10. The van der Waals surface area contributed by atoms with E-state index in [1.54, 1.807) is 66.3 Å². The second-order valence-electron chi connectivity index (χ2n) is 7.27. The number of hydrogen-bond donors (Lipinski definition) is 1. The zero-order chi connectivity index (χ0) is 22.0. The number of carboxylic acids is 1. The summed E-state index contributed by atoms with van der Waals surface area (Å²) in [5.41, 5.74) is 1.12. The molecule has 4 rings (SSSR count). The molecule has 1 aliphatic heterocycles. The Morgan fingerprint density at radius 2 is 1.90 bits per heavy atom. The van der Waals surface area contributed by atoms with E-state index in [4.69, 9.17) is 14.0 Å². The Labute approximate surface area is 178 Å². The van der Waals surface area contributed by atoms with E-state index in [9.17, 15) is 14.7 Å². The molecule has 1 amide bonds. The molecule has 0 bridgehead atoms. The van der Waals surface area contributed by atoms with Gasteiger partial charge in [0.15, 0.2) is 11.5 Å². The molecule has 1 aliphatic rings. The molecule has 162 valence electrons. The van der Waals surface area contributed by atoms with E-state index >= 15 is 0 Å². The lowest BCUT2D eigenvalue weighted by Gasteiger charge is -2.32. The number of carbonyl (C=O) groups excluding carboxylic acids is 1. The summed E-state index contributed by atoms with van der Waals surface area (Å²) in [5, 5.41) is 13.3. The number of aromatic carboxylic acids is 1. The molecule has 1 saturated heterocycles. The van der Waals surface area contributed by atoms with E-state index in [0.29, 0.717) is 48.8 Å². The average molecular weight is 425 g/mol. The van der Waals surface area contributed by atoms with E-state index in [-0.39, 0.29) is 23.3 Å². The van der Waals surface area contributed by atoms with Gasteiger partial charge in [-0.1, -0.05) is 5.16 Å². The summed E-state index contributed by atoms with van der Waals surface area (Å²) in [4.78, 5) is 26.0. The largest absolute Gasteiger partial charge is 0.497 e. The van der Waals surface area contributed by atoms with Crippen LogP contribution >= 0.6 is 0 Å². The number of hydrogen-bond acceptors (Lipinski definition) is 6. The number of amides is 1. The third-order valence-electron chi connectivity index (χ3n) is 5.54. The second kappa shape index (κ2) is 8.55. The average Bonchev–Trinajstić information content (AvgIpc) is 3.48. The van der Waals surface area contributed by atoms with Crippen molar-refractivity contribution < 1.29 is 28.7 Å². The number of piperidine rings is 1. The first-order valence-electron chi connectivity index (χ1n) is 9.90. The van der Waals surface area contributed by atoms with Crippen molar-refractivity contribution in [2.75, 3.05) is 27.3 Å². The zero-order valence-electron chi connectivity index (χ0n) is 17.3. The van der Waals surface area contributed by atoms with Crippen LogP contribution in [0.15, 0.2) is 47.1 Å².